The van der Waals surface area contributed by atoms with Crippen LogP contribution in [0.2, 0.25) is 0 Å². The molecular formula is C26H50N3O9P3. The van der Waals surface area contributed by atoms with Gasteiger partial charge in [0.25, 0.3) is 0 Å². The van der Waals surface area contributed by atoms with Crippen LogP contribution in [0.4, 0.5) is 0 Å². The lowest BCUT2D eigenvalue weighted by molar-refractivity contribution is 0.149. The first-order valence-electron chi connectivity index (χ1n) is 14.6. The van der Waals surface area contributed by atoms with E-state index in [-0.39, 0.29) is 39.6 Å². The number of hydrogen-bond acceptors (Lipinski definition) is 9. The van der Waals surface area contributed by atoms with Gasteiger partial charge >= 0.3 is 23.2 Å². The summed E-state index contributed by atoms with van der Waals surface area (Å²) < 4.78 is 81.0. The highest BCUT2D eigenvalue weighted by Crippen LogP contribution is 2.55. The minimum atomic E-state index is -3.61. The first kappa shape index (κ1) is 36.7. The van der Waals surface area contributed by atoms with Crippen molar-refractivity contribution in [2.45, 2.75) is 67.5 Å². The normalized spacial score (nSPS) is 17.9. The summed E-state index contributed by atoms with van der Waals surface area (Å²) in [6.07, 6.45) is 0.988. The van der Waals surface area contributed by atoms with Crippen molar-refractivity contribution in [1.29, 1.82) is 0 Å². The van der Waals surface area contributed by atoms with E-state index in [1.807, 2.05) is 24.3 Å². The number of nitrogens with zero attached hydrogens (tertiary/aromatic N) is 3. The first-order chi connectivity index (χ1) is 19.6. The molecule has 1 heterocycles. The standard InChI is InChI=1S/C26H50N3O9P3/c1-7-33-39(30,34-8-2)27-18-14-20-28(40(31,35-9-3)36-10-4)23-25-16-13-17-26(22-25)24-29(21-15-19-27)41(32,37-11-5)38-12-6/h13,16-17,22H,7-12,14-15,18-21,23-24H2,1-6H3. The lowest BCUT2D eigenvalue weighted by Crippen LogP contribution is -2.32. The molecule has 0 unspecified atom stereocenters. The van der Waals surface area contributed by atoms with E-state index in [4.69, 9.17) is 27.1 Å². The Kier molecular flexibility index (Phi) is 16.5. The van der Waals surface area contributed by atoms with Crippen molar-refractivity contribution in [2.24, 2.45) is 0 Å². The fraction of sp³-hybridized carbons (Fsp3) is 0.769. The summed E-state index contributed by atoms with van der Waals surface area (Å²) in [5.41, 5.74) is 1.79. The fourth-order valence-corrected chi connectivity index (χ4v) is 10.0. The molecule has 0 N–H and O–H groups in total. The predicted molar refractivity (Wildman–Crippen MR) is 161 cm³/mol. The summed E-state index contributed by atoms with van der Waals surface area (Å²) in [5, 5.41) is 0. The van der Waals surface area contributed by atoms with Gasteiger partial charge in [0.15, 0.2) is 0 Å². The number of hydrogen-bond donors (Lipinski definition) is 0. The van der Waals surface area contributed by atoms with Gasteiger partial charge in [0.05, 0.1) is 39.6 Å². The average Bonchev–Trinajstić information content (AvgIpc) is 2.91. The van der Waals surface area contributed by atoms with Crippen LogP contribution >= 0.6 is 23.2 Å². The molecule has 0 amide bonds. The van der Waals surface area contributed by atoms with E-state index >= 15 is 0 Å². The number of rotatable bonds is 15. The van der Waals surface area contributed by atoms with Gasteiger partial charge in [0.1, 0.15) is 0 Å². The minimum Gasteiger partial charge on any atom is -0.297 e. The van der Waals surface area contributed by atoms with Gasteiger partial charge < -0.3 is 0 Å². The summed E-state index contributed by atoms with van der Waals surface area (Å²) >= 11 is 0. The van der Waals surface area contributed by atoms with Crippen molar-refractivity contribution in [2.75, 3.05) is 65.8 Å². The van der Waals surface area contributed by atoms with Crippen LogP contribution in [-0.4, -0.2) is 79.8 Å². The lowest BCUT2D eigenvalue weighted by atomic mass is 10.1. The van der Waals surface area contributed by atoms with E-state index < -0.39 is 23.2 Å². The van der Waals surface area contributed by atoms with Gasteiger partial charge in [0.2, 0.25) is 0 Å². The van der Waals surface area contributed by atoms with Crippen LogP contribution in [0.5, 0.6) is 0 Å². The quantitative estimate of drug-likeness (QED) is 0.185. The smallest absolute Gasteiger partial charge is 0.297 e. The monoisotopic (exact) mass is 641 g/mol. The second kappa shape index (κ2) is 18.4. The highest BCUT2D eigenvalue weighted by molar-refractivity contribution is 7.51. The first-order valence-corrected chi connectivity index (χ1v) is 19.1. The van der Waals surface area contributed by atoms with E-state index in [1.54, 1.807) is 55.6 Å². The van der Waals surface area contributed by atoms with Gasteiger partial charge in [-0.2, -0.15) is 0 Å². The molecule has 1 aromatic carbocycles. The van der Waals surface area contributed by atoms with Gasteiger partial charge in [-0.1, -0.05) is 24.3 Å². The molecule has 0 saturated heterocycles. The molecule has 12 nitrogen and oxygen atoms in total. The molecule has 0 fully saturated rings. The largest absolute Gasteiger partial charge is 0.408 e. The summed E-state index contributed by atoms with van der Waals surface area (Å²) in [6, 6.07) is 7.82. The summed E-state index contributed by atoms with van der Waals surface area (Å²) in [5.74, 6) is 0. The molecule has 238 valence electrons. The Bertz CT molecular complexity index is 957. The average molecular weight is 642 g/mol. The molecule has 1 aliphatic rings. The van der Waals surface area contributed by atoms with Crippen LogP contribution in [0.15, 0.2) is 24.3 Å². The molecule has 2 rings (SSSR count). The van der Waals surface area contributed by atoms with Gasteiger partial charge in [-0.3, -0.25) is 27.1 Å². The molecule has 0 aliphatic carbocycles. The third kappa shape index (κ3) is 10.9. The topological polar surface area (TPSA) is 116 Å². The van der Waals surface area contributed by atoms with Crippen LogP contribution in [0, 0.1) is 0 Å². The third-order valence-corrected chi connectivity index (χ3v) is 12.8. The van der Waals surface area contributed by atoms with Gasteiger partial charge in [-0.05, 0) is 65.5 Å². The molecule has 0 atom stereocenters. The molecular weight excluding hydrogens is 591 g/mol. The van der Waals surface area contributed by atoms with E-state index in [0.717, 1.165) is 11.1 Å². The summed E-state index contributed by atoms with van der Waals surface area (Å²) in [7, 11) is -10.8. The van der Waals surface area contributed by atoms with E-state index in [2.05, 4.69) is 0 Å². The number of benzene rings is 1. The Morgan fingerprint density at radius 1 is 0.537 bits per heavy atom. The Morgan fingerprint density at radius 3 is 1.15 bits per heavy atom. The maximum Gasteiger partial charge on any atom is 0.408 e. The zero-order chi connectivity index (χ0) is 30.4. The number of fused-ring (bicyclic) bond motifs is 2. The van der Waals surface area contributed by atoms with Crippen LogP contribution in [0.1, 0.15) is 65.5 Å². The Hall–Kier alpha value is -0.450. The molecule has 1 aliphatic heterocycles. The molecule has 0 saturated carbocycles. The van der Waals surface area contributed by atoms with Gasteiger partial charge in [-0.25, -0.2) is 27.7 Å². The highest BCUT2D eigenvalue weighted by Gasteiger charge is 2.37. The summed E-state index contributed by atoms with van der Waals surface area (Å²) in [4.78, 5) is 0. The molecule has 15 heteroatoms. The van der Waals surface area contributed by atoms with Crippen LogP contribution in [0.3, 0.4) is 0 Å². The minimum absolute atomic E-state index is 0.217. The van der Waals surface area contributed by atoms with Crippen molar-refractivity contribution in [3.05, 3.63) is 35.4 Å². The van der Waals surface area contributed by atoms with E-state index in [1.165, 1.54) is 0 Å². The van der Waals surface area contributed by atoms with Crippen LogP contribution < -0.4 is 0 Å². The van der Waals surface area contributed by atoms with Crippen molar-refractivity contribution in [3.8, 4) is 0 Å². The Balaban J connectivity index is 2.56. The molecule has 0 radical (unpaired) electrons. The van der Waals surface area contributed by atoms with Crippen molar-refractivity contribution in [3.63, 3.8) is 0 Å². The third-order valence-electron chi connectivity index (χ3n) is 6.18. The van der Waals surface area contributed by atoms with E-state index in [0.29, 0.717) is 52.1 Å². The molecule has 0 aromatic heterocycles. The van der Waals surface area contributed by atoms with E-state index in [9.17, 15) is 13.7 Å². The second-order valence-electron chi connectivity index (χ2n) is 9.17. The molecule has 41 heavy (non-hydrogen) atoms. The Labute approximate surface area is 246 Å². The predicted octanol–water partition coefficient (Wildman–Crippen LogP) is 6.93. The maximum atomic E-state index is 13.9. The second-order valence-corrected chi connectivity index (χ2v) is 15.2. The summed E-state index contributed by atoms with van der Waals surface area (Å²) in [6.45, 7) is 14.0. The molecule has 1 aromatic rings. The van der Waals surface area contributed by atoms with Gasteiger partial charge in [-0.15, -0.1) is 0 Å². The van der Waals surface area contributed by atoms with Crippen LogP contribution in [-0.2, 0) is 53.9 Å². The fourth-order valence-electron chi connectivity index (χ4n) is 4.63. The van der Waals surface area contributed by atoms with Gasteiger partial charge in [0, 0.05) is 39.3 Å². The zero-order valence-corrected chi connectivity index (χ0v) is 28.2. The van der Waals surface area contributed by atoms with Crippen molar-refractivity contribution in [1.82, 2.24) is 14.0 Å². The molecule has 0 spiro atoms. The van der Waals surface area contributed by atoms with Crippen molar-refractivity contribution >= 4 is 23.2 Å². The highest BCUT2D eigenvalue weighted by atomic mass is 31.2. The Morgan fingerprint density at radius 2 is 0.829 bits per heavy atom. The molecule has 2 bridgehead atoms. The van der Waals surface area contributed by atoms with Crippen LogP contribution in [0.25, 0.3) is 0 Å². The lowest BCUT2D eigenvalue weighted by Gasteiger charge is -2.34. The van der Waals surface area contributed by atoms with Crippen molar-refractivity contribution < 1.29 is 40.8 Å². The zero-order valence-electron chi connectivity index (χ0n) is 25.6. The SMILES string of the molecule is CCOP(=O)(OCC)N1CCCN(P(=O)(OCC)OCC)Cc2cccc(c2)CN(P(=O)(OCC)OCC)CCC1. The maximum absolute atomic E-state index is 13.9.